The minimum atomic E-state index is -3.89. The first-order valence-electron chi connectivity index (χ1n) is 7.87. The van der Waals surface area contributed by atoms with Crippen molar-refractivity contribution >= 4 is 25.8 Å². The fourth-order valence-electron chi connectivity index (χ4n) is 2.19. The fraction of sp³-hybridized carbons (Fsp3) is 0.235. The van der Waals surface area contributed by atoms with Crippen LogP contribution in [0.15, 0.2) is 64.4 Å². The molecule has 0 aliphatic heterocycles. The third-order valence-corrected chi connectivity index (χ3v) is 7.16. The molecule has 0 aromatic heterocycles. The number of carbonyl (C=O) groups is 1. The number of amides is 1. The minimum Gasteiger partial charge on any atom is -0.351 e. The SMILES string of the molecule is CON(C)S(=O)(=O)c1cccc(C(=O)NCCS(=O)(=O)c2ccccc2)c1. The lowest BCUT2D eigenvalue weighted by atomic mass is 10.2. The second kappa shape index (κ2) is 8.61. The van der Waals surface area contributed by atoms with Crippen molar-refractivity contribution in [1.82, 2.24) is 9.79 Å². The molecule has 2 aromatic rings. The number of nitrogens with zero attached hydrogens (tertiary/aromatic N) is 1. The molecule has 146 valence electrons. The molecule has 2 aromatic carbocycles. The first-order chi connectivity index (χ1) is 12.7. The number of rotatable bonds is 8. The highest BCUT2D eigenvalue weighted by Crippen LogP contribution is 2.16. The van der Waals surface area contributed by atoms with Crippen molar-refractivity contribution in [3.8, 4) is 0 Å². The van der Waals surface area contributed by atoms with E-state index >= 15 is 0 Å². The van der Waals surface area contributed by atoms with Gasteiger partial charge in [0.05, 0.1) is 22.7 Å². The summed E-state index contributed by atoms with van der Waals surface area (Å²) in [5, 5.41) is 2.49. The Labute approximate surface area is 158 Å². The molecule has 8 nitrogen and oxygen atoms in total. The van der Waals surface area contributed by atoms with Crippen LogP contribution >= 0.6 is 0 Å². The van der Waals surface area contributed by atoms with Gasteiger partial charge in [-0.2, -0.15) is 0 Å². The lowest BCUT2D eigenvalue weighted by molar-refractivity contribution is -0.0258. The van der Waals surface area contributed by atoms with Gasteiger partial charge >= 0.3 is 0 Å². The summed E-state index contributed by atoms with van der Waals surface area (Å²) in [6.07, 6.45) is 0. The molecule has 0 bridgehead atoms. The van der Waals surface area contributed by atoms with Gasteiger partial charge < -0.3 is 5.32 Å². The Kier molecular flexibility index (Phi) is 6.71. The molecule has 10 heteroatoms. The van der Waals surface area contributed by atoms with Crippen LogP contribution in [0.1, 0.15) is 10.4 Å². The molecule has 27 heavy (non-hydrogen) atoms. The number of benzene rings is 2. The first kappa shape index (κ1) is 21.0. The minimum absolute atomic E-state index is 0.0951. The van der Waals surface area contributed by atoms with E-state index in [1.807, 2.05) is 0 Å². The molecule has 1 amide bonds. The molecule has 2 rings (SSSR count). The summed E-state index contributed by atoms with van der Waals surface area (Å²) >= 11 is 0. The molecule has 0 radical (unpaired) electrons. The van der Waals surface area contributed by atoms with Crippen LogP contribution < -0.4 is 5.32 Å². The van der Waals surface area contributed by atoms with Gasteiger partial charge in [0.15, 0.2) is 9.84 Å². The summed E-state index contributed by atoms with van der Waals surface area (Å²) in [5.74, 6) is -0.844. The lowest BCUT2D eigenvalue weighted by Crippen LogP contribution is -2.30. The first-order valence-corrected chi connectivity index (χ1v) is 11.0. The van der Waals surface area contributed by atoms with Crippen molar-refractivity contribution < 1.29 is 26.5 Å². The second-order valence-corrected chi connectivity index (χ2v) is 9.56. The van der Waals surface area contributed by atoms with Crippen molar-refractivity contribution in [1.29, 1.82) is 0 Å². The van der Waals surface area contributed by atoms with Crippen molar-refractivity contribution in [3.63, 3.8) is 0 Å². The van der Waals surface area contributed by atoms with E-state index in [1.54, 1.807) is 18.2 Å². The number of hydrogen-bond acceptors (Lipinski definition) is 6. The van der Waals surface area contributed by atoms with Gasteiger partial charge in [-0.15, -0.1) is 0 Å². The Morgan fingerprint density at radius 2 is 1.63 bits per heavy atom. The zero-order valence-corrected chi connectivity index (χ0v) is 16.5. The van der Waals surface area contributed by atoms with Gasteiger partial charge in [-0.3, -0.25) is 9.63 Å². The van der Waals surface area contributed by atoms with Gasteiger partial charge in [-0.1, -0.05) is 28.7 Å². The molecule has 0 saturated heterocycles. The number of sulfonamides is 1. The van der Waals surface area contributed by atoms with Crippen LogP contribution in [0.5, 0.6) is 0 Å². The molecule has 0 atom stereocenters. The molecule has 0 heterocycles. The van der Waals surface area contributed by atoms with Gasteiger partial charge in [-0.05, 0) is 30.3 Å². The topological polar surface area (TPSA) is 110 Å². The number of hydrogen-bond donors (Lipinski definition) is 1. The van der Waals surface area contributed by atoms with E-state index < -0.39 is 25.8 Å². The van der Waals surface area contributed by atoms with Gasteiger partial charge in [0.25, 0.3) is 15.9 Å². The van der Waals surface area contributed by atoms with E-state index in [4.69, 9.17) is 4.84 Å². The zero-order chi connectivity index (χ0) is 20.1. The molecule has 0 fully saturated rings. The lowest BCUT2D eigenvalue weighted by Gasteiger charge is -2.14. The van der Waals surface area contributed by atoms with Crippen LogP contribution in [0.4, 0.5) is 0 Å². The highest BCUT2D eigenvalue weighted by molar-refractivity contribution is 7.91. The summed E-state index contributed by atoms with van der Waals surface area (Å²) in [4.78, 5) is 17.0. The number of sulfone groups is 1. The van der Waals surface area contributed by atoms with Gasteiger partial charge in [0.2, 0.25) is 0 Å². The molecule has 0 saturated carbocycles. The van der Waals surface area contributed by atoms with E-state index in [1.165, 1.54) is 50.6 Å². The van der Waals surface area contributed by atoms with Gasteiger partial charge in [0, 0.05) is 19.2 Å². The quantitative estimate of drug-likeness (QED) is 0.650. The number of hydroxylamine groups is 1. The maximum Gasteiger partial charge on any atom is 0.264 e. The van der Waals surface area contributed by atoms with Crippen LogP contribution in [0.2, 0.25) is 0 Å². The normalized spacial score (nSPS) is 12.1. The van der Waals surface area contributed by atoms with Crippen molar-refractivity contribution in [3.05, 3.63) is 60.2 Å². The van der Waals surface area contributed by atoms with Crippen molar-refractivity contribution in [2.75, 3.05) is 26.5 Å². The summed E-state index contributed by atoms with van der Waals surface area (Å²) in [5.41, 5.74) is 0.0951. The van der Waals surface area contributed by atoms with E-state index in [2.05, 4.69) is 5.32 Å². The zero-order valence-electron chi connectivity index (χ0n) is 14.8. The molecule has 1 N–H and O–H groups in total. The standard InChI is InChI=1S/C17H20N2O6S2/c1-19(25-2)27(23,24)16-10-6-7-14(13-16)17(20)18-11-12-26(21,22)15-8-4-3-5-9-15/h3-10,13H,11-12H2,1-2H3,(H,18,20). The van der Waals surface area contributed by atoms with E-state index in [-0.39, 0.29) is 27.7 Å². The largest absolute Gasteiger partial charge is 0.351 e. The van der Waals surface area contributed by atoms with Crippen LogP contribution in [0, 0.1) is 0 Å². The number of carbonyl (C=O) groups excluding carboxylic acids is 1. The van der Waals surface area contributed by atoms with Crippen LogP contribution in [-0.2, 0) is 24.7 Å². The predicted molar refractivity (Wildman–Crippen MR) is 99.2 cm³/mol. The highest BCUT2D eigenvalue weighted by atomic mass is 32.2. The van der Waals surface area contributed by atoms with Crippen LogP contribution in [0.25, 0.3) is 0 Å². The predicted octanol–water partition coefficient (Wildman–Crippen LogP) is 1.07. The molecule has 0 aliphatic rings. The maximum absolute atomic E-state index is 12.2. The molecule has 0 aliphatic carbocycles. The smallest absolute Gasteiger partial charge is 0.264 e. The summed E-state index contributed by atoms with van der Waals surface area (Å²) in [6, 6.07) is 13.3. The Bertz CT molecular complexity index is 1000. The summed E-state index contributed by atoms with van der Waals surface area (Å²) in [6.45, 7) is -0.106. The summed E-state index contributed by atoms with van der Waals surface area (Å²) < 4.78 is 49.5. The highest BCUT2D eigenvalue weighted by Gasteiger charge is 2.22. The Morgan fingerprint density at radius 1 is 1.00 bits per heavy atom. The van der Waals surface area contributed by atoms with E-state index in [0.29, 0.717) is 4.47 Å². The van der Waals surface area contributed by atoms with Crippen LogP contribution in [0.3, 0.4) is 0 Å². The van der Waals surface area contributed by atoms with Crippen molar-refractivity contribution in [2.45, 2.75) is 9.79 Å². The molecule has 0 unspecified atom stereocenters. The fourth-order valence-corrected chi connectivity index (χ4v) is 4.39. The number of nitrogens with one attached hydrogen (secondary N) is 1. The van der Waals surface area contributed by atoms with Gasteiger partial charge in [-0.25, -0.2) is 16.8 Å². The molecule has 0 spiro atoms. The Balaban J connectivity index is 2.06. The third kappa shape index (κ3) is 5.13. The molecular formula is C17H20N2O6S2. The average molecular weight is 412 g/mol. The monoisotopic (exact) mass is 412 g/mol. The van der Waals surface area contributed by atoms with Gasteiger partial charge in [0.1, 0.15) is 0 Å². The molecular weight excluding hydrogens is 392 g/mol. The second-order valence-electron chi connectivity index (χ2n) is 5.51. The summed E-state index contributed by atoms with van der Waals surface area (Å²) in [7, 11) is -4.97. The third-order valence-electron chi connectivity index (χ3n) is 3.75. The maximum atomic E-state index is 12.2. The van der Waals surface area contributed by atoms with Crippen LogP contribution in [-0.4, -0.2) is 53.7 Å². The van der Waals surface area contributed by atoms with E-state index in [9.17, 15) is 21.6 Å². The van der Waals surface area contributed by atoms with Crippen molar-refractivity contribution in [2.24, 2.45) is 0 Å². The average Bonchev–Trinajstić information content (AvgIpc) is 2.67. The van der Waals surface area contributed by atoms with E-state index in [0.717, 1.165) is 0 Å². The Hall–Kier alpha value is -2.27. The Morgan fingerprint density at radius 3 is 2.26 bits per heavy atom.